The van der Waals surface area contributed by atoms with Gasteiger partial charge in [-0.3, -0.25) is 4.79 Å². The first-order valence-corrected chi connectivity index (χ1v) is 11.3. The Morgan fingerprint density at radius 1 is 0.455 bits per heavy atom. The number of nitrogens with one attached hydrogen (secondary N) is 1. The molecule has 2 heterocycles. The van der Waals surface area contributed by atoms with Crippen LogP contribution >= 0.6 is 0 Å². The van der Waals surface area contributed by atoms with Crippen LogP contribution in [0.15, 0.2) is 53.3 Å². The summed E-state index contributed by atoms with van der Waals surface area (Å²) < 4.78 is 32.0. The Morgan fingerprint density at radius 2 is 0.727 bits per heavy atom. The van der Waals surface area contributed by atoms with Gasteiger partial charge < -0.3 is 33.4 Å². The van der Waals surface area contributed by atoms with Crippen LogP contribution < -0.4 is 5.43 Å². The van der Waals surface area contributed by atoms with Gasteiger partial charge in [0.2, 0.25) is 0 Å². The average molecular weight is 460 g/mol. The summed E-state index contributed by atoms with van der Waals surface area (Å²) in [5, 5.41) is 1.49. The molecule has 3 aromatic rings. The van der Waals surface area contributed by atoms with E-state index in [0.29, 0.717) is 79.3 Å². The lowest BCUT2D eigenvalue weighted by Crippen LogP contribution is -2.16. The van der Waals surface area contributed by atoms with Crippen LogP contribution in [0.1, 0.15) is 0 Å². The molecule has 1 fully saturated rings. The SMILES string of the molecule is C1COCCOCCOCCOCCOCCO1.O=c1c2ccccc2[nH]c2ccccc12. The maximum Gasteiger partial charge on any atom is 0.197 e. The molecule has 2 aromatic carbocycles. The zero-order valence-corrected chi connectivity index (χ0v) is 19.0. The third-order valence-corrected chi connectivity index (χ3v) is 4.84. The summed E-state index contributed by atoms with van der Waals surface area (Å²) in [7, 11) is 0. The molecule has 0 bridgehead atoms. The molecule has 1 aliphatic heterocycles. The number of aromatic nitrogens is 1. The first-order chi connectivity index (χ1) is 16.4. The van der Waals surface area contributed by atoms with Crippen molar-refractivity contribution in [2.45, 2.75) is 0 Å². The number of pyridine rings is 1. The van der Waals surface area contributed by atoms with E-state index < -0.39 is 0 Å². The number of aromatic amines is 1. The van der Waals surface area contributed by atoms with Gasteiger partial charge in [0.1, 0.15) is 0 Å². The van der Waals surface area contributed by atoms with Crippen molar-refractivity contribution >= 4 is 21.8 Å². The number of para-hydroxylation sites is 2. The van der Waals surface area contributed by atoms with Gasteiger partial charge in [0, 0.05) is 21.8 Å². The standard InChI is InChI=1S/C13H9NO.C12H24O6/c15-13-9-5-1-3-7-11(9)14-12-8-4-2-6-10(12)13;1-2-14-5-6-16-9-10-18-12-11-17-8-7-15-4-3-13-1/h1-8H,(H,14,15);1-12H2. The van der Waals surface area contributed by atoms with Gasteiger partial charge in [-0.05, 0) is 24.3 Å². The van der Waals surface area contributed by atoms with Crippen molar-refractivity contribution < 1.29 is 28.4 Å². The van der Waals surface area contributed by atoms with E-state index in [4.69, 9.17) is 28.4 Å². The van der Waals surface area contributed by atoms with Crippen LogP contribution in [-0.4, -0.2) is 84.3 Å². The highest BCUT2D eigenvalue weighted by Gasteiger charge is 2.02. The molecule has 0 unspecified atom stereocenters. The van der Waals surface area contributed by atoms with Gasteiger partial charge in [0.05, 0.1) is 79.3 Å². The van der Waals surface area contributed by atoms with Crippen LogP contribution in [-0.2, 0) is 28.4 Å². The molecule has 4 rings (SSSR count). The lowest BCUT2D eigenvalue weighted by Gasteiger charge is -2.09. The largest absolute Gasteiger partial charge is 0.377 e. The first-order valence-electron chi connectivity index (χ1n) is 11.3. The summed E-state index contributed by atoms with van der Waals surface area (Å²) in [6, 6.07) is 15.1. The van der Waals surface area contributed by atoms with Crippen molar-refractivity contribution in [3.8, 4) is 0 Å². The van der Waals surface area contributed by atoms with E-state index in [0.717, 1.165) is 21.8 Å². The highest BCUT2D eigenvalue weighted by molar-refractivity contribution is 5.92. The van der Waals surface area contributed by atoms with Crippen LogP contribution in [0.3, 0.4) is 0 Å². The van der Waals surface area contributed by atoms with Crippen molar-refractivity contribution in [2.75, 3.05) is 79.3 Å². The maximum absolute atomic E-state index is 12.1. The van der Waals surface area contributed by atoms with Crippen LogP contribution in [0.2, 0.25) is 0 Å². The summed E-state index contributed by atoms with van der Waals surface area (Å²) in [6.07, 6.45) is 0. The van der Waals surface area contributed by atoms with Crippen LogP contribution in [0, 0.1) is 0 Å². The van der Waals surface area contributed by atoms with E-state index in [1.807, 2.05) is 48.5 Å². The Bertz CT molecular complexity index is 859. The zero-order valence-electron chi connectivity index (χ0n) is 19.0. The highest BCUT2D eigenvalue weighted by atomic mass is 16.6. The predicted octanol–water partition coefficient (Wildman–Crippen LogP) is 2.78. The van der Waals surface area contributed by atoms with Gasteiger partial charge in [-0.15, -0.1) is 0 Å². The van der Waals surface area contributed by atoms with Crippen LogP contribution in [0.25, 0.3) is 21.8 Å². The molecule has 0 atom stereocenters. The van der Waals surface area contributed by atoms with Crippen molar-refractivity contribution in [2.24, 2.45) is 0 Å². The lowest BCUT2D eigenvalue weighted by atomic mass is 10.1. The number of H-pyrrole nitrogens is 1. The van der Waals surface area contributed by atoms with E-state index in [2.05, 4.69) is 4.98 Å². The number of rotatable bonds is 0. The van der Waals surface area contributed by atoms with Gasteiger partial charge in [0.15, 0.2) is 5.43 Å². The minimum absolute atomic E-state index is 0.0972. The lowest BCUT2D eigenvalue weighted by molar-refractivity contribution is -0.0334. The van der Waals surface area contributed by atoms with Crippen LogP contribution in [0.4, 0.5) is 0 Å². The van der Waals surface area contributed by atoms with E-state index in [-0.39, 0.29) is 5.43 Å². The Morgan fingerprint density at radius 3 is 1.03 bits per heavy atom. The van der Waals surface area contributed by atoms with Crippen LogP contribution in [0.5, 0.6) is 0 Å². The molecule has 1 saturated heterocycles. The van der Waals surface area contributed by atoms with Crippen molar-refractivity contribution in [3.63, 3.8) is 0 Å². The molecule has 0 spiro atoms. The Kier molecular flexibility index (Phi) is 11.9. The maximum atomic E-state index is 12.1. The monoisotopic (exact) mass is 459 g/mol. The second-order valence-electron chi connectivity index (χ2n) is 7.22. The van der Waals surface area contributed by atoms with Crippen molar-refractivity contribution in [1.29, 1.82) is 0 Å². The molecule has 1 aromatic heterocycles. The molecular formula is C25H33NO7. The topological polar surface area (TPSA) is 88.2 Å². The Balaban J connectivity index is 0.000000188. The predicted molar refractivity (Wildman–Crippen MR) is 127 cm³/mol. The van der Waals surface area contributed by atoms with Crippen molar-refractivity contribution in [1.82, 2.24) is 4.98 Å². The normalized spacial score (nSPS) is 18.1. The van der Waals surface area contributed by atoms with Crippen molar-refractivity contribution in [3.05, 3.63) is 58.8 Å². The molecule has 0 radical (unpaired) electrons. The fourth-order valence-corrected chi connectivity index (χ4v) is 3.19. The second-order valence-corrected chi connectivity index (χ2v) is 7.22. The summed E-state index contributed by atoms with van der Waals surface area (Å²) in [5.74, 6) is 0. The van der Waals surface area contributed by atoms with Gasteiger partial charge in [-0.1, -0.05) is 24.3 Å². The quantitative estimate of drug-likeness (QED) is 0.517. The molecule has 8 heteroatoms. The first kappa shape index (κ1) is 25.3. The Hall–Kier alpha value is -2.33. The third-order valence-electron chi connectivity index (χ3n) is 4.84. The van der Waals surface area contributed by atoms with Gasteiger partial charge in [-0.2, -0.15) is 0 Å². The zero-order chi connectivity index (χ0) is 23.0. The molecule has 1 aliphatic rings. The number of hydrogen-bond acceptors (Lipinski definition) is 7. The Labute approximate surface area is 193 Å². The molecule has 0 aliphatic carbocycles. The molecule has 33 heavy (non-hydrogen) atoms. The minimum atomic E-state index is 0.0972. The smallest absolute Gasteiger partial charge is 0.197 e. The number of fused-ring (bicyclic) bond motifs is 2. The molecule has 180 valence electrons. The van der Waals surface area contributed by atoms with E-state index in [9.17, 15) is 4.79 Å². The summed E-state index contributed by atoms with van der Waals surface area (Å²) in [6.45, 7) is 7.04. The van der Waals surface area contributed by atoms with Gasteiger partial charge >= 0.3 is 0 Å². The molecule has 1 N–H and O–H groups in total. The van der Waals surface area contributed by atoms with E-state index in [1.165, 1.54) is 0 Å². The van der Waals surface area contributed by atoms with Gasteiger partial charge in [0.25, 0.3) is 0 Å². The molecule has 8 nitrogen and oxygen atoms in total. The third kappa shape index (κ3) is 9.21. The highest BCUT2D eigenvalue weighted by Crippen LogP contribution is 2.13. The van der Waals surface area contributed by atoms with Gasteiger partial charge in [-0.25, -0.2) is 0 Å². The number of benzene rings is 2. The summed E-state index contributed by atoms with van der Waals surface area (Å²) in [4.78, 5) is 15.3. The van der Waals surface area contributed by atoms with E-state index in [1.54, 1.807) is 0 Å². The molecule has 0 amide bonds. The summed E-state index contributed by atoms with van der Waals surface area (Å²) >= 11 is 0. The fraction of sp³-hybridized carbons (Fsp3) is 0.480. The number of hydrogen-bond donors (Lipinski definition) is 1. The average Bonchev–Trinajstić information content (AvgIpc) is 2.85. The summed E-state index contributed by atoms with van der Waals surface area (Å²) in [5.41, 5.74) is 1.88. The van der Waals surface area contributed by atoms with E-state index >= 15 is 0 Å². The minimum Gasteiger partial charge on any atom is -0.377 e. The molecular weight excluding hydrogens is 426 g/mol. The fourth-order valence-electron chi connectivity index (χ4n) is 3.19. The molecule has 0 saturated carbocycles. The number of ether oxygens (including phenoxy) is 6. The second kappa shape index (κ2) is 15.5.